The van der Waals surface area contributed by atoms with Crippen molar-refractivity contribution in [1.29, 1.82) is 0 Å². The van der Waals surface area contributed by atoms with Crippen LogP contribution in [0.15, 0.2) is 29.4 Å². The molecule has 0 fully saturated rings. The Morgan fingerprint density at radius 2 is 1.84 bits per heavy atom. The minimum atomic E-state index is -0.284. The highest BCUT2D eigenvalue weighted by Crippen LogP contribution is 2.19. The molecular formula is C15H25N3O. The summed E-state index contributed by atoms with van der Waals surface area (Å²) < 4.78 is 0. The van der Waals surface area contributed by atoms with E-state index in [2.05, 4.69) is 41.7 Å². The Morgan fingerprint density at radius 3 is 2.37 bits per heavy atom. The minimum Gasteiger partial charge on any atom is -0.409 e. The van der Waals surface area contributed by atoms with E-state index in [1.54, 1.807) is 0 Å². The highest BCUT2D eigenvalue weighted by Gasteiger charge is 2.22. The molecule has 4 heteroatoms. The maximum atomic E-state index is 8.70. The lowest BCUT2D eigenvalue weighted by atomic mass is 9.88. The van der Waals surface area contributed by atoms with Crippen molar-refractivity contribution in [3.8, 4) is 0 Å². The molecular weight excluding hydrogens is 238 g/mol. The van der Waals surface area contributed by atoms with E-state index in [1.807, 2.05) is 13.8 Å². The van der Waals surface area contributed by atoms with E-state index in [9.17, 15) is 0 Å². The molecule has 4 nitrogen and oxygen atoms in total. The van der Waals surface area contributed by atoms with Crippen LogP contribution < -0.4 is 11.1 Å². The van der Waals surface area contributed by atoms with Crippen molar-refractivity contribution in [2.24, 2.45) is 16.3 Å². The van der Waals surface area contributed by atoms with Crippen LogP contribution in [0.2, 0.25) is 0 Å². The number of hydrogen-bond acceptors (Lipinski definition) is 3. The van der Waals surface area contributed by atoms with E-state index >= 15 is 0 Å². The predicted molar refractivity (Wildman–Crippen MR) is 79.3 cm³/mol. The zero-order valence-electron chi connectivity index (χ0n) is 12.1. The van der Waals surface area contributed by atoms with Gasteiger partial charge in [-0.1, -0.05) is 50.2 Å². The molecule has 1 rings (SSSR count). The number of nitrogens with zero attached hydrogens (tertiary/aromatic N) is 1. The van der Waals surface area contributed by atoms with Gasteiger partial charge in [0.25, 0.3) is 0 Å². The molecule has 0 amide bonds. The molecule has 106 valence electrons. The Balaban J connectivity index is 2.34. The summed E-state index contributed by atoms with van der Waals surface area (Å²) >= 11 is 0. The van der Waals surface area contributed by atoms with Crippen LogP contribution in [0.25, 0.3) is 0 Å². The number of aryl methyl sites for hydroxylation is 1. The van der Waals surface area contributed by atoms with E-state index in [4.69, 9.17) is 10.9 Å². The van der Waals surface area contributed by atoms with Crippen molar-refractivity contribution >= 4 is 5.84 Å². The van der Waals surface area contributed by atoms with Crippen LogP contribution in [-0.2, 0) is 13.0 Å². The summed E-state index contributed by atoms with van der Waals surface area (Å²) in [5, 5.41) is 15.2. The topological polar surface area (TPSA) is 70.6 Å². The van der Waals surface area contributed by atoms with Gasteiger partial charge in [-0.25, -0.2) is 0 Å². The fourth-order valence-corrected chi connectivity index (χ4v) is 1.79. The smallest absolute Gasteiger partial charge is 0.144 e. The maximum absolute atomic E-state index is 8.70. The van der Waals surface area contributed by atoms with Crippen LogP contribution in [0.5, 0.6) is 0 Å². The normalized spacial score (nSPS) is 12.7. The van der Waals surface area contributed by atoms with Crippen LogP contribution in [0, 0.1) is 5.41 Å². The molecule has 0 saturated heterocycles. The third-order valence-electron chi connectivity index (χ3n) is 3.49. The summed E-state index contributed by atoms with van der Waals surface area (Å²) in [6, 6.07) is 8.63. The average molecular weight is 263 g/mol. The first-order valence-electron chi connectivity index (χ1n) is 6.76. The van der Waals surface area contributed by atoms with E-state index in [0.717, 1.165) is 25.9 Å². The third-order valence-corrected chi connectivity index (χ3v) is 3.49. The molecule has 0 aliphatic rings. The SMILES string of the molecule is CCc1ccc(CNCCC(C)(C)/C(N)=N/O)cc1. The number of nitrogens with two attached hydrogens (primary N) is 1. The van der Waals surface area contributed by atoms with E-state index in [-0.39, 0.29) is 11.3 Å². The Hall–Kier alpha value is -1.55. The number of nitrogens with one attached hydrogen (secondary N) is 1. The quantitative estimate of drug-likeness (QED) is 0.233. The third kappa shape index (κ3) is 4.91. The first kappa shape index (κ1) is 15.5. The summed E-state index contributed by atoms with van der Waals surface area (Å²) in [6.45, 7) is 7.77. The zero-order chi connectivity index (χ0) is 14.3. The van der Waals surface area contributed by atoms with E-state index < -0.39 is 0 Å². The number of amidine groups is 1. The van der Waals surface area contributed by atoms with Gasteiger partial charge >= 0.3 is 0 Å². The number of benzene rings is 1. The van der Waals surface area contributed by atoms with Crippen molar-refractivity contribution in [3.63, 3.8) is 0 Å². The first-order chi connectivity index (χ1) is 8.99. The fourth-order valence-electron chi connectivity index (χ4n) is 1.79. The van der Waals surface area contributed by atoms with E-state index in [0.29, 0.717) is 0 Å². The Kier molecular flexibility index (Phi) is 5.83. The number of hydrogen-bond donors (Lipinski definition) is 3. The van der Waals surface area contributed by atoms with E-state index in [1.165, 1.54) is 11.1 Å². The number of oxime groups is 1. The Labute approximate surface area is 115 Å². The van der Waals surface area contributed by atoms with Gasteiger partial charge in [-0.2, -0.15) is 0 Å². The molecule has 1 aromatic carbocycles. The molecule has 0 bridgehead atoms. The van der Waals surface area contributed by atoms with Crippen LogP contribution in [0.4, 0.5) is 0 Å². The molecule has 1 aromatic rings. The predicted octanol–water partition coefficient (Wildman–Crippen LogP) is 2.50. The van der Waals surface area contributed by atoms with Gasteiger partial charge in [0.05, 0.1) is 0 Å². The first-order valence-corrected chi connectivity index (χ1v) is 6.76. The molecule has 0 unspecified atom stereocenters. The van der Waals surface area contributed by atoms with Gasteiger partial charge in [0.15, 0.2) is 0 Å². The maximum Gasteiger partial charge on any atom is 0.144 e. The van der Waals surface area contributed by atoms with Gasteiger partial charge in [0.2, 0.25) is 0 Å². The van der Waals surface area contributed by atoms with Crippen LogP contribution in [0.3, 0.4) is 0 Å². The van der Waals surface area contributed by atoms with Gasteiger partial charge in [0, 0.05) is 12.0 Å². The molecule has 0 heterocycles. The summed E-state index contributed by atoms with van der Waals surface area (Å²) in [5.41, 5.74) is 8.00. The largest absolute Gasteiger partial charge is 0.409 e. The highest BCUT2D eigenvalue weighted by atomic mass is 16.4. The molecule has 0 saturated carbocycles. The van der Waals surface area contributed by atoms with Gasteiger partial charge in [-0.05, 0) is 30.5 Å². The molecule has 0 atom stereocenters. The molecule has 0 spiro atoms. The lowest BCUT2D eigenvalue weighted by molar-refractivity contribution is 0.305. The minimum absolute atomic E-state index is 0.279. The molecule has 0 radical (unpaired) electrons. The van der Waals surface area contributed by atoms with Crippen molar-refractivity contribution in [1.82, 2.24) is 5.32 Å². The molecule has 19 heavy (non-hydrogen) atoms. The van der Waals surface area contributed by atoms with Crippen LogP contribution >= 0.6 is 0 Å². The molecule has 0 aromatic heterocycles. The van der Waals surface area contributed by atoms with Crippen LogP contribution in [-0.4, -0.2) is 17.6 Å². The Morgan fingerprint density at radius 1 is 1.26 bits per heavy atom. The van der Waals surface area contributed by atoms with Crippen molar-refractivity contribution in [2.75, 3.05) is 6.54 Å². The fraction of sp³-hybridized carbons (Fsp3) is 0.533. The Bertz CT molecular complexity index is 410. The molecule has 0 aliphatic carbocycles. The second kappa shape index (κ2) is 7.14. The standard InChI is InChI=1S/C15H25N3O/c1-4-12-5-7-13(8-6-12)11-17-10-9-15(2,3)14(16)18-19/h5-8,17,19H,4,9-11H2,1-3H3,(H2,16,18). The van der Waals surface area contributed by atoms with Crippen molar-refractivity contribution in [2.45, 2.75) is 40.2 Å². The van der Waals surface area contributed by atoms with Crippen molar-refractivity contribution < 1.29 is 5.21 Å². The second-order valence-corrected chi connectivity index (χ2v) is 5.47. The summed E-state index contributed by atoms with van der Waals surface area (Å²) in [6.07, 6.45) is 1.90. The number of rotatable bonds is 7. The molecule has 4 N–H and O–H groups in total. The van der Waals surface area contributed by atoms with Gasteiger partial charge < -0.3 is 16.3 Å². The van der Waals surface area contributed by atoms with Gasteiger partial charge in [-0.15, -0.1) is 0 Å². The summed E-state index contributed by atoms with van der Waals surface area (Å²) in [7, 11) is 0. The van der Waals surface area contributed by atoms with Gasteiger partial charge in [0.1, 0.15) is 5.84 Å². The van der Waals surface area contributed by atoms with Crippen molar-refractivity contribution in [3.05, 3.63) is 35.4 Å². The monoisotopic (exact) mass is 263 g/mol. The lowest BCUT2D eigenvalue weighted by Gasteiger charge is -2.22. The molecule has 0 aliphatic heterocycles. The lowest BCUT2D eigenvalue weighted by Crippen LogP contribution is -2.34. The second-order valence-electron chi connectivity index (χ2n) is 5.47. The highest BCUT2D eigenvalue weighted by molar-refractivity contribution is 5.85. The average Bonchev–Trinajstić information content (AvgIpc) is 2.43. The zero-order valence-corrected chi connectivity index (χ0v) is 12.1. The van der Waals surface area contributed by atoms with Crippen LogP contribution in [0.1, 0.15) is 38.3 Å². The van der Waals surface area contributed by atoms with Gasteiger partial charge in [-0.3, -0.25) is 0 Å². The summed E-state index contributed by atoms with van der Waals surface area (Å²) in [5.74, 6) is 0.279. The summed E-state index contributed by atoms with van der Waals surface area (Å²) in [4.78, 5) is 0.